The highest BCUT2D eigenvalue weighted by molar-refractivity contribution is 9.10. The fraction of sp³-hybridized carbons (Fsp3) is 0.294. The predicted molar refractivity (Wildman–Crippen MR) is 85.6 cm³/mol. The standard InChI is InChI=1S/C17H20BrN/c1-12-5-4-6-14(9-12)10-17(19-3)15-8-7-13(2)16(18)11-15/h4-9,11,17,19H,10H2,1-3H3. The first-order chi connectivity index (χ1) is 9.10. The van der Waals surface area contributed by atoms with E-state index in [2.05, 4.69) is 77.6 Å². The molecule has 0 fully saturated rings. The van der Waals surface area contributed by atoms with Gasteiger partial charge in [0.2, 0.25) is 0 Å². The van der Waals surface area contributed by atoms with Crippen molar-refractivity contribution in [1.82, 2.24) is 5.32 Å². The lowest BCUT2D eigenvalue weighted by Crippen LogP contribution is -2.19. The summed E-state index contributed by atoms with van der Waals surface area (Å²) in [5.74, 6) is 0. The Hall–Kier alpha value is -1.12. The average Bonchev–Trinajstić information content (AvgIpc) is 2.39. The molecular weight excluding hydrogens is 298 g/mol. The summed E-state index contributed by atoms with van der Waals surface area (Å²) in [6, 6.07) is 15.7. The molecule has 100 valence electrons. The molecule has 2 aromatic carbocycles. The fourth-order valence-corrected chi connectivity index (χ4v) is 2.68. The van der Waals surface area contributed by atoms with Crippen molar-refractivity contribution in [3.8, 4) is 0 Å². The summed E-state index contributed by atoms with van der Waals surface area (Å²) in [6.07, 6.45) is 1.01. The van der Waals surface area contributed by atoms with Crippen LogP contribution in [0, 0.1) is 13.8 Å². The Morgan fingerprint density at radius 3 is 2.53 bits per heavy atom. The summed E-state index contributed by atoms with van der Waals surface area (Å²) in [4.78, 5) is 0. The van der Waals surface area contributed by atoms with Gasteiger partial charge in [-0.1, -0.05) is 57.9 Å². The zero-order valence-corrected chi connectivity index (χ0v) is 13.3. The quantitative estimate of drug-likeness (QED) is 0.871. The maximum atomic E-state index is 3.61. The van der Waals surface area contributed by atoms with E-state index in [4.69, 9.17) is 0 Å². The Bertz CT molecular complexity index is 563. The minimum atomic E-state index is 0.346. The number of nitrogens with one attached hydrogen (secondary N) is 1. The first-order valence-electron chi connectivity index (χ1n) is 6.59. The van der Waals surface area contributed by atoms with Crippen LogP contribution in [0.15, 0.2) is 46.9 Å². The molecule has 0 spiro atoms. The third-order valence-electron chi connectivity index (χ3n) is 3.47. The normalized spacial score (nSPS) is 12.4. The second-order valence-electron chi connectivity index (χ2n) is 5.04. The maximum absolute atomic E-state index is 3.61. The van der Waals surface area contributed by atoms with Crippen LogP contribution in [0.2, 0.25) is 0 Å². The lowest BCUT2D eigenvalue weighted by atomic mass is 9.97. The summed E-state index contributed by atoms with van der Waals surface area (Å²) in [7, 11) is 2.02. The van der Waals surface area contributed by atoms with Gasteiger partial charge in [-0.2, -0.15) is 0 Å². The minimum absolute atomic E-state index is 0.346. The van der Waals surface area contributed by atoms with Gasteiger partial charge in [-0.15, -0.1) is 0 Å². The molecule has 0 aliphatic carbocycles. The molecule has 0 saturated carbocycles. The van der Waals surface area contributed by atoms with Crippen LogP contribution < -0.4 is 5.32 Å². The smallest absolute Gasteiger partial charge is 0.0358 e. The van der Waals surface area contributed by atoms with Crippen molar-refractivity contribution in [2.45, 2.75) is 26.3 Å². The molecular formula is C17H20BrN. The Labute approximate surface area is 124 Å². The SMILES string of the molecule is CNC(Cc1cccc(C)c1)c1ccc(C)c(Br)c1. The number of hydrogen-bond donors (Lipinski definition) is 1. The van der Waals surface area contributed by atoms with E-state index in [1.165, 1.54) is 26.7 Å². The Morgan fingerprint density at radius 2 is 1.89 bits per heavy atom. The van der Waals surface area contributed by atoms with Gasteiger partial charge in [-0.05, 0) is 50.1 Å². The molecule has 0 amide bonds. The van der Waals surface area contributed by atoms with E-state index in [0.717, 1.165) is 6.42 Å². The van der Waals surface area contributed by atoms with E-state index in [9.17, 15) is 0 Å². The van der Waals surface area contributed by atoms with Crippen LogP contribution >= 0.6 is 15.9 Å². The van der Waals surface area contributed by atoms with Crippen LogP contribution in [0.5, 0.6) is 0 Å². The van der Waals surface area contributed by atoms with Crippen molar-refractivity contribution in [2.75, 3.05) is 7.05 Å². The molecule has 1 atom stereocenters. The molecule has 1 nitrogen and oxygen atoms in total. The Balaban J connectivity index is 2.22. The van der Waals surface area contributed by atoms with E-state index >= 15 is 0 Å². The lowest BCUT2D eigenvalue weighted by Gasteiger charge is -2.18. The van der Waals surface area contributed by atoms with Gasteiger partial charge in [-0.25, -0.2) is 0 Å². The monoisotopic (exact) mass is 317 g/mol. The van der Waals surface area contributed by atoms with Gasteiger partial charge in [0.15, 0.2) is 0 Å². The predicted octanol–water partition coefficient (Wildman–Crippen LogP) is 4.57. The molecule has 0 heterocycles. The van der Waals surface area contributed by atoms with E-state index in [1.54, 1.807) is 0 Å². The molecule has 2 rings (SSSR count). The zero-order chi connectivity index (χ0) is 13.8. The molecule has 1 unspecified atom stereocenters. The Kier molecular flexibility index (Phi) is 4.78. The van der Waals surface area contributed by atoms with Crippen molar-refractivity contribution in [2.24, 2.45) is 0 Å². The maximum Gasteiger partial charge on any atom is 0.0358 e. The molecule has 0 saturated heterocycles. The molecule has 0 aromatic heterocycles. The third kappa shape index (κ3) is 3.68. The second kappa shape index (κ2) is 6.36. The van der Waals surface area contributed by atoms with Gasteiger partial charge >= 0.3 is 0 Å². The van der Waals surface area contributed by atoms with E-state index in [0.29, 0.717) is 6.04 Å². The van der Waals surface area contributed by atoms with Gasteiger partial charge in [-0.3, -0.25) is 0 Å². The number of rotatable bonds is 4. The van der Waals surface area contributed by atoms with Gasteiger partial charge in [0.05, 0.1) is 0 Å². The zero-order valence-electron chi connectivity index (χ0n) is 11.7. The summed E-state index contributed by atoms with van der Waals surface area (Å²) >= 11 is 3.61. The number of hydrogen-bond acceptors (Lipinski definition) is 1. The third-order valence-corrected chi connectivity index (χ3v) is 4.32. The van der Waals surface area contributed by atoms with Crippen molar-refractivity contribution < 1.29 is 0 Å². The van der Waals surface area contributed by atoms with Crippen molar-refractivity contribution in [1.29, 1.82) is 0 Å². The van der Waals surface area contributed by atoms with Gasteiger partial charge in [0.25, 0.3) is 0 Å². The van der Waals surface area contributed by atoms with Gasteiger partial charge in [0.1, 0.15) is 0 Å². The van der Waals surface area contributed by atoms with Crippen molar-refractivity contribution in [3.63, 3.8) is 0 Å². The molecule has 2 aromatic rings. The highest BCUT2D eigenvalue weighted by atomic mass is 79.9. The van der Waals surface area contributed by atoms with Gasteiger partial charge < -0.3 is 5.32 Å². The molecule has 0 bridgehead atoms. The highest BCUT2D eigenvalue weighted by Crippen LogP contribution is 2.24. The molecule has 19 heavy (non-hydrogen) atoms. The largest absolute Gasteiger partial charge is 0.313 e. The first-order valence-corrected chi connectivity index (χ1v) is 7.38. The number of halogens is 1. The molecule has 2 heteroatoms. The number of likely N-dealkylation sites (N-methyl/N-ethyl adjacent to an activating group) is 1. The van der Waals surface area contributed by atoms with Crippen LogP contribution in [0.25, 0.3) is 0 Å². The summed E-state index contributed by atoms with van der Waals surface area (Å²) in [5.41, 5.74) is 5.28. The first kappa shape index (κ1) is 14.3. The van der Waals surface area contributed by atoms with E-state index in [1.807, 2.05) is 7.05 Å². The van der Waals surface area contributed by atoms with E-state index in [-0.39, 0.29) is 0 Å². The minimum Gasteiger partial charge on any atom is -0.313 e. The van der Waals surface area contributed by atoms with E-state index < -0.39 is 0 Å². The summed E-state index contributed by atoms with van der Waals surface area (Å²) in [5, 5.41) is 3.41. The van der Waals surface area contributed by atoms with Crippen LogP contribution in [-0.2, 0) is 6.42 Å². The fourth-order valence-electron chi connectivity index (χ4n) is 2.29. The van der Waals surface area contributed by atoms with Crippen LogP contribution in [0.3, 0.4) is 0 Å². The number of aryl methyl sites for hydroxylation is 2. The number of benzene rings is 2. The Morgan fingerprint density at radius 1 is 1.11 bits per heavy atom. The second-order valence-corrected chi connectivity index (χ2v) is 5.90. The van der Waals surface area contributed by atoms with Gasteiger partial charge in [0, 0.05) is 10.5 Å². The average molecular weight is 318 g/mol. The van der Waals surface area contributed by atoms with Crippen molar-refractivity contribution in [3.05, 3.63) is 69.2 Å². The molecule has 1 N–H and O–H groups in total. The lowest BCUT2D eigenvalue weighted by molar-refractivity contribution is 0.591. The van der Waals surface area contributed by atoms with Crippen LogP contribution in [-0.4, -0.2) is 7.05 Å². The summed E-state index contributed by atoms with van der Waals surface area (Å²) in [6.45, 7) is 4.25. The molecule has 0 aliphatic rings. The highest BCUT2D eigenvalue weighted by Gasteiger charge is 2.11. The van der Waals surface area contributed by atoms with Crippen molar-refractivity contribution >= 4 is 15.9 Å². The topological polar surface area (TPSA) is 12.0 Å². The van der Waals surface area contributed by atoms with Crippen LogP contribution in [0.1, 0.15) is 28.3 Å². The molecule has 0 radical (unpaired) electrons. The molecule has 0 aliphatic heterocycles. The van der Waals surface area contributed by atoms with Crippen LogP contribution in [0.4, 0.5) is 0 Å². The summed E-state index contributed by atoms with van der Waals surface area (Å²) < 4.78 is 1.18.